The summed E-state index contributed by atoms with van der Waals surface area (Å²) in [7, 11) is -6.39. The topological polar surface area (TPSA) is 89.9 Å². The quantitative estimate of drug-likeness (QED) is 0.273. The molecule has 0 fully saturated rings. The van der Waals surface area contributed by atoms with Crippen LogP contribution in [0, 0.1) is 16.2 Å². The zero-order chi connectivity index (χ0) is 22.1. The number of ether oxygens (including phenoxy) is 2. The molecule has 27 heavy (non-hydrogen) atoms. The lowest BCUT2D eigenvalue weighted by Crippen LogP contribution is -2.49. The SMILES string of the molecule is CC(C)(C)CC(C)(C(=O)OCCOC(F)(F)C(F)(F)S(=O)(=O)O)C(C)(C)C. The number of alkyl halides is 4. The van der Waals surface area contributed by atoms with Gasteiger partial charge in [-0.3, -0.25) is 9.35 Å². The van der Waals surface area contributed by atoms with Crippen LogP contribution in [0.1, 0.15) is 54.9 Å². The van der Waals surface area contributed by atoms with E-state index < -0.39 is 51.5 Å². The third-order valence-corrected chi connectivity index (χ3v) is 5.14. The minimum atomic E-state index is -6.39. The van der Waals surface area contributed by atoms with Crippen LogP contribution < -0.4 is 0 Å². The maximum atomic E-state index is 13.2. The summed E-state index contributed by atoms with van der Waals surface area (Å²) >= 11 is 0. The van der Waals surface area contributed by atoms with Gasteiger partial charge in [-0.2, -0.15) is 26.0 Å². The van der Waals surface area contributed by atoms with Gasteiger partial charge in [-0.05, 0) is 24.2 Å². The number of hydrogen-bond acceptors (Lipinski definition) is 5. The molecule has 0 heterocycles. The Morgan fingerprint density at radius 2 is 1.37 bits per heavy atom. The highest BCUT2D eigenvalue weighted by Gasteiger charge is 2.67. The standard InChI is InChI=1S/C16H28F4O6S/c1-12(2,3)10-14(7,13(4,5)6)11(21)25-8-9-26-15(17,18)16(19,20)27(22,23)24/h8-10H2,1-7H3,(H,22,23,24). The summed E-state index contributed by atoms with van der Waals surface area (Å²) < 4.78 is 89.9. The molecule has 0 amide bonds. The molecule has 0 aliphatic rings. The Balaban J connectivity index is 5.06. The van der Waals surface area contributed by atoms with Gasteiger partial charge in [0.15, 0.2) is 0 Å². The van der Waals surface area contributed by atoms with Gasteiger partial charge in [0.1, 0.15) is 6.61 Å². The van der Waals surface area contributed by atoms with Crippen LogP contribution in [0.5, 0.6) is 0 Å². The summed E-state index contributed by atoms with van der Waals surface area (Å²) in [6.45, 7) is 10.8. The molecule has 0 rings (SSSR count). The van der Waals surface area contributed by atoms with Crippen LogP contribution in [0.4, 0.5) is 17.6 Å². The van der Waals surface area contributed by atoms with Crippen molar-refractivity contribution in [2.45, 2.75) is 66.3 Å². The third-order valence-electron chi connectivity index (χ3n) is 4.25. The van der Waals surface area contributed by atoms with Gasteiger partial charge in [-0.15, -0.1) is 0 Å². The van der Waals surface area contributed by atoms with E-state index in [0.29, 0.717) is 6.42 Å². The summed E-state index contributed by atoms with van der Waals surface area (Å²) in [4.78, 5) is 12.5. The first-order valence-electron chi connectivity index (χ1n) is 8.12. The van der Waals surface area contributed by atoms with Crippen LogP contribution in [0.25, 0.3) is 0 Å². The molecule has 162 valence electrons. The minimum absolute atomic E-state index is 0.262. The van der Waals surface area contributed by atoms with Gasteiger partial charge in [0.25, 0.3) is 0 Å². The third kappa shape index (κ3) is 6.28. The van der Waals surface area contributed by atoms with Crippen molar-refractivity contribution in [3.05, 3.63) is 0 Å². The number of esters is 1. The molecule has 0 aromatic carbocycles. The smallest absolute Gasteiger partial charge is 0.459 e. The molecule has 1 unspecified atom stereocenters. The van der Waals surface area contributed by atoms with Crippen molar-refractivity contribution in [3.63, 3.8) is 0 Å². The maximum absolute atomic E-state index is 13.2. The number of carbonyl (C=O) groups is 1. The first-order valence-corrected chi connectivity index (χ1v) is 9.56. The molecule has 1 atom stereocenters. The molecular formula is C16H28F4O6S. The van der Waals surface area contributed by atoms with Crippen molar-refractivity contribution in [2.24, 2.45) is 16.2 Å². The Morgan fingerprint density at radius 1 is 0.926 bits per heavy atom. The summed E-state index contributed by atoms with van der Waals surface area (Å²) in [5.41, 5.74) is -1.82. The molecule has 6 nitrogen and oxygen atoms in total. The number of rotatable bonds is 8. The van der Waals surface area contributed by atoms with E-state index in [1.165, 1.54) is 0 Å². The van der Waals surface area contributed by atoms with E-state index in [1.54, 1.807) is 27.7 Å². The molecule has 1 N–H and O–H groups in total. The predicted molar refractivity (Wildman–Crippen MR) is 90.0 cm³/mol. The molecule has 11 heteroatoms. The van der Waals surface area contributed by atoms with E-state index in [0.717, 1.165) is 0 Å². The fourth-order valence-corrected chi connectivity index (χ4v) is 2.76. The Bertz CT molecular complexity index is 634. The van der Waals surface area contributed by atoms with Crippen molar-refractivity contribution in [2.75, 3.05) is 13.2 Å². The Kier molecular flexibility index (Phi) is 7.55. The molecule has 0 aromatic rings. The van der Waals surface area contributed by atoms with Crippen LogP contribution in [0.15, 0.2) is 0 Å². The summed E-state index contributed by atoms with van der Waals surface area (Å²) in [5.74, 6) is -0.724. The van der Waals surface area contributed by atoms with Crippen molar-refractivity contribution >= 4 is 16.1 Å². The number of hydrogen-bond donors (Lipinski definition) is 1. The lowest BCUT2D eigenvalue weighted by atomic mass is 9.61. The summed E-state index contributed by atoms with van der Waals surface area (Å²) in [6, 6.07) is 0. The van der Waals surface area contributed by atoms with E-state index in [9.17, 15) is 30.8 Å². The first kappa shape index (κ1) is 26.1. The maximum Gasteiger partial charge on any atom is 0.459 e. The molecule has 0 radical (unpaired) electrons. The second-order valence-corrected chi connectivity index (χ2v) is 10.3. The van der Waals surface area contributed by atoms with Gasteiger partial charge in [-0.1, -0.05) is 41.5 Å². The Morgan fingerprint density at radius 3 is 1.70 bits per heavy atom. The van der Waals surface area contributed by atoms with E-state index in [2.05, 4.69) is 4.74 Å². The minimum Gasteiger partial charge on any atom is -0.463 e. The molecule has 0 saturated carbocycles. The molecule has 0 aliphatic heterocycles. The second kappa shape index (κ2) is 7.82. The average molecular weight is 424 g/mol. The van der Waals surface area contributed by atoms with Crippen LogP contribution in [0.3, 0.4) is 0 Å². The lowest BCUT2D eigenvalue weighted by molar-refractivity contribution is -0.320. The molecule has 0 saturated heterocycles. The van der Waals surface area contributed by atoms with Crippen molar-refractivity contribution in [1.82, 2.24) is 0 Å². The average Bonchev–Trinajstić information content (AvgIpc) is 2.38. The first-order chi connectivity index (χ1) is 11.6. The van der Waals surface area contributed by atoms with Crippen molar-refractivity contribution in [3.8, 4) is 0 Å². The van der Waals surface area contributed by atoms with Gasteiger partial charge < -0.3 is 9.47 Å². The Labute approximate surface area is 157 Å². The second-order valence-electron chi connectivity index (χ2n) is 8.81. The number of halogens is 4. The van der Waals surface area contributed by atoms with E-state index >= 15 is 0 Å². The Hall–Kier alpha value is -0.940. The van der Waals surface area contributed by atoms with Crippen LogP contribution in [-0.4, -0.2) is 43.5 Å². The molecule has 0 bridgehead atoms. The van der Waals surface area contributed by atoms with Crippen LogP contribution in [0.2, 0.25) is 0 Å². The van der Waals surface area contributed by atoms with Crippen LogP contribution >= 0.6 is 0 Å². The fraction of sp³-hybridized carbons (Fsp3) is 0.938. The lowest BCUT2D eigenvalue weighted by Gasteiger charge is -2.43. The highest BCUT2D eigenvalue weighted by Crippen LogP contribution is 2.47. The molecule has 0 aromatic heterocycles. The summed E-state index contributed by atoms with van der Waals surface area (Å²) in [6.07, 6.45) is -5.09. The number of carbonyl (C=O) groups excluding carboxylic acids is 1. The molecular weight excluding hydrogens is 396 g/mol. The van der Waals surface area contributed by atoms with E-state index in [-0.39, 0.29) is 5.41 Å². The van der Waals surface area contributed by atoms with Crippen molar-refractivity contribution < 1.29 is 44.8 Å². The van der Waals surface area contributed by atoms with E-state index in [1.807, 2.05) is 20.8 Å². The molecule has 0 aliphatic carbocycles. The fourth-order valence-electron chi connectivity index (χ4n) is 2.40. The van der Waals surface area contributed by atoms with Crippen molar-refractivity contribution in [1.29, 1.82) is 0 Å². The zero-order valence-electron chi connectivity index (χ0n) is 16.5. The van der Waals surface area contributed by atoms with Gasteiger partial charge in [0.2, 0.25) is 0 Å². The van der Waals surface area contributed by atoms with Gasteiger partial charge in [-0.25, -0.2) is 0 Å². The monoisotopic (exact) mass is 424 g/mol. The molecule has 0 spiro atoms. The van der Waals surface area contributed by atoms with Crippen LogP contribution in [-0.2, 0) is 24.4 Å². The summed E-state index contributed by atoms with van der Waals surface area (Å²) in [5, 5.41) is -5.84. The van der Waals surface area contributed by atoms with E-state index in [4.69, 9.17) is 9.29 Å². The highest BCUT2D eigenvalue weighted by atomic mass is 32.2. The largest absolute Gasteiger partial charge is 0.463 e. The predicted octanol–water partition coefficient (Wildman–Crippen LogP) is 4.11. The van der Waals surface area contributed by atoms with Gasteiger partial charge >= 0.3 is 27.5 Å². The van der Waals surface area contributed by atoms with Gasteiger partial charge in [0.05, 0.1) is 12.0 Å². The highest BCUT2D eigenvalue weighted by molar-refractivity contribution is 7.86. The zero-order valence-corrected chi connectivity index (χ0v) is 17.3. The van der Waals surface area contributed by atoms with Gasteiger partial charge in [0, 0.05) is 0 Å². The normalized spacial score (nSPS) is 16.7.